The first-order valence-electron chi connectivity index (χ1n) is 13.2. The van der Waals surface area contributed by atoms with Crippen LogP contribution in [0.5, 0.6) is 5.75 Å². The average molecular weight is 587 g/mol. The minimum Gasteiger partial charge on any atom is -0.461 e. The molecule has 0 bridgehead atoms. The highest BCUT2D eigenvalue weighted by molar-refractivity contribution is 7.52. The summed E-state index contributed by atoms with van der Waals surface area (Å²) in [5, 5.41) is 38.7. The first-order chi connectivity index (χ1) is 19.7. The third-order valence-corrected chi connectivity index (χ3v) is 8.80. The number of nitrogens with two attached hydrogens (primary N) is 1. The number of carbonyl (C=O) groups excluding carboxylic acids is 1. The first kappa shape index (κ1) is 28.9. The van der Waals surface area contributed by atoms with Gasteiger partial charge in [-0.15, -0.1) is 0 Å². The van der Waals surface area contributed by atoms with Crippen molar-refractivity contribution in [3.8, 4) is 11.8 Å². The van der Waals surface area contributed by atoms with Gasteiger partial charge in [-0.25, -0.2) is 14.1 Å². The predicted molar refractivity (Wildman–Crippen MR) is 143 cm³/mol. The number of nitrogens with zero attached hydrogens (tertiary/aromatic N) is 4. The van der Waals surface area contributed by atoms with Crippen LogP contribution in [0.3, 0.4) is 0 Å². The lowest BCUT2D eigenvalue weighted by Crippen LogP contribution is -2.41. The van der Waals surface area contributed by atoms with Gasteiger partial charge in [0, 0.05) is 0 Å². The fourth-order valence-electron chi connectivity index (χ4n) is 4.99. The zero-order valence-electron chi connectivity index (χ0n) is 22.2. The van der Waals surface area contributed by atoms with Gasteiger partial charge in [0.1, 0.15) is 54.1 Å². The van der Waals surface area contributed by atoms with Gasteiger partial charge in [-0.3, -0.25) is 9.32 Å². The number of para-hydroxylation sites is 1. The van der Waals surface area contributed by atoms with Crippen molar-refractivity contribution >= 4 is 25.1 Å². The molecule has 5 N–H and O–H groups in total. The number of nitriles is 1. The summed E-state index contributed by atoms with van der Waals surface area (Å²) in [5.74, 6) is -0.288. The number of nitrogen functional groups attached to an aromatic ring is 1. The fourth-order valence-corrected chi connectivity index (χ4v) is 6.50. The highest BCUT2D eigenvalue weighted by Crippen LogP contribution is 2.47. The van der Waals surface area contributed by atoms with Crippen molar-refractivity contribution < 1.29 is 38.1 Å². The van der Waals surface area contributed by atoms with Gasteiger partial charge in [0.2, 0.25) is 5.60 Å². The number of rotatable bonds is 10. The van der Waals surface area contributed by atoms with E-state index in [9.17, 15) is 24.8 Å². The molecule has 5 rings (SSSR count). The second-order valence-electron chi connectivity index (χ2n) is 9.99. The summed E-state index contributed by atoms with van der Waals surface area (Å²) >= 11 is 0. The molecule has 0 spiro atoms. The standard InChI is InChI=1S/C26H31N6O8P/c1-16(25(35)38-17-7-5-6-8-17)31-41(36,40-18-9-3-2-4-10-18)37-13-20-22(33)23(34)26(14-27,39-20)21-12-11-19-24(28)29-15-30-32(19)21/h2-4,9-12,15-17,20,22-23,33-34H,5-8,13H2,1H3,(H,31,36)(H2,28,29,30)/t16-,20?,22+,23+,26-,41?/m0/s1. The Labute approximate surface area is 235 Å². The molecule has 14 nitrogen and oxygen atoms in total. The van der Waals surface area contributed by atoms with E-state index < -0.39 is 50.3 Å². The van der Waals surface area contributed by atoms with Gasteiger partial charge in [-0.05, 0) is 56.9 Å². The molecule has 2 aliphatic rings. The first-order valence-corrected chi connectivity index (χ1v) is 14.7. The van der Waals surface area contributed by atoms with E-state index in [-0.39, 0.29) is 23.4 Å². The Morgan fingerprint density at radius 3 is 2.73 bits per heavy atom. The molecule has 1 aliphatic carbocycles. The van der Waals surface area contributed by atoms with E-state index in [0.717, 1.165) is 25.7 Å². The maximum absolute atomic E-state index is 13.9. The fraction of sp³-hybridized carbons (Fsp3) is 0.462. The van der Waals surface area contributed by atoms with Crippen molar-refractivity contribution in [3.63, 3.8) is 0 Å². The van der Waals surface area contributed by atoms with Crippen LogP contribution in [0.1, 0.15) is 38.3 Å². The van der Waals surface area contributed by atoms with Crippen molar-refractivity contribution in [2.45, 2.75) is 68.7 Å². The minimum atomic E-state index is -4.30. The van der Waals surface area contributed by atoms with Crippen molar-refractivity contribution in [2.24, 2.45) is 0 Å². The van der Waals surface area contributed by atoms with Crippen molar-refractivity contribution in [3.05, 3.63) is 54.5 Å². The largest absolute Gasteiger partial charge is 0.461 e. The summed E-state index contributed by atoms with van der Waals surface area (Å²) in [5.41, 5.74) is 4.29. The van der Waals surface area contributed by atoms with Crippen LogP contribution in [-0.2, 0) is 29.0 Å². The summed E-state index contributed by atoms with van der Waals surface area (Å²) in [6.45, 7) is 0.891. The second kappa shape index (κ2) is 11.7. The summed E-state index contributed by atoms with van der Waals surface area (Å²) < 4.78 is 37.9. The van der Waals surface area contributed by atoms with Gasteiger partial charge in [0.25, 0.3) is 0 Å². The van der Waals surface area contributed by atoms with Crippen LogP contribution in [0.15, 0.2) is 48.8 Å². The molecule has 2 fully saturated rings. The zero-order valence-corrected chi connectivity index (χ0v) is 23.1. The summed E-state index contributed by atoms with van der Waals surface area (Å²) in [4.78, 5) is 16.6. The number of benzene rings is 1. The van der Waals surface area contributed by atoms with Crippen LogP contribution < -0.4 is 15.3 Å². The number of carbonyl (C=O) groups is 1. The van der Waals surface area contributed by atoms with Gasteiger partial charge < -0.3 is 29.9 Å². The molecule has 1 aromatic carbocycles. The molecule has 3 aromatic rings. The van der Waals surface area contributed by atoms with Crippen LogP contribution in [0.2, 0.25) is 0 Å². The molecule has 0 radical (unpaired) electrons. The lowest BCUT2D eigenvalue weighted by Gasteiger charge is -2.26. The number of aromatic nitrogens is 3. The van der Waals surface area contributed by atoms with Gasteiger partial charge in [-0.1, -0.05) is 18.2 Å². The molecular weight excluding hydrogens is 555 g/mol. The predicted octanol–water partition coefficient (Wildman–Crippen LogP) is 1.82. The quantitative estimate of drug-likeness (QED) is 0.198. The Hall–Kier alpha value is -3.57. The topological polar surface area (TPSA) is 204 Å². The van der Waals surface area contributed by atoms with Crippen molar-refractivity contribution in [1.82, 2.24) is 19.7 Å². The zero-order chi connectivity index (χ0) is 29.2. The van der Waals surface area contributed by atoms with Gasteiger partial charge in [0.05, 0.1) is 12.3 Å². The number of fused-ring (bicyclic) bond motifs is 1. The maximum atomic E-state index is 13.9. The molecule has 2 unspecified atom stereocenters. The summed E-state index contributed by atoms with van der Waals surface area (Å²) in [6, 6.07) is 12.1. The number of hydrogen-bond acceptors (Lipinski definition) is 12. The normalized spacial score (nSPS) is 26.8. The lowest BCUT2D eigenvalue weighted by atomic mass is 9.92. The van der Waals surface area contributed by atoms with Crippen LogP contribution in [0, 0.1) is 11.3 Å². The molecular formula is C26H31N6O8P. The van der Waals surface area contributed by atoms with E-state index in [1.807, 2.05) is 6.07 Å². The molecule has 6 atom stereocenters. The molecule has 1 aliphatic heterocycles. The smallest absolute Gasteiger partial charge is 0.459 e. The van der Waals surface area contributed by atoms with Gasteiger partial charge in [0.15, 0.2) is 5.82 Å². The molecule has 2 aromatic heterocycles. The third kappa shape index (κ3) is 5.78. The van der Waals surface area contributed by atoms with E-state index in [1.165, 1.54) is 23.8 Å². The number of hydrogen-bond donors (Lipinski definition) is 4. The van der Waals surface area contributed by atoms with Crippen molar-refractivity contribution in [2.75, 3.05) is 12.3 Å². The number of nitrogens with one attached hydrogen (secondary N) is 1. The summed E-state index contributed by atoms with van der Waals surface area (Å²) in [6.07, 6.45) is -0.246. The average Bonchev–Trinajstić information content (AvgIpc) is 3.69. The highest BCUT2D eigenvalue weighted by atomic mass is 31.2. The molecule has 3 heterocycles. The van der Waals surface area contributed by atoms with Crippen LogP contribution in [-0.4, -0.2) is 67.8 Å². The van der Waals surface area contributed by atoms with E-state index in [1.54, 1.807) is 36.4 Å². The highest BCUT2D eigenvalue weighted by Gasteiger charge is 2.58. The van der Waals surface area contributed by atoms with E-state index in [2.05, 4.69) is 15.2 Å². The lowest BCUT2D eigenvalue weighted by molar-refractivity contribution is -0.150. The molecule has 218 valence electrons. The van der Waals surface area contributed by atoms with Gasteiger partial charge in [-0.2, -0.15) is 15.4 Å². The number of aliphatic hydroxyl groups is 2. The van der Waals surface area contributed by atoms with E-state index in [4.69, 9.17) is 24.3 Å². The van der Waals surface area contributed by atoms with Crippen molar-refractivity contribution in [1.29, 1.82) is 5.26 Å². The van der Waals surface area contributed by atoms with Gasteiger partial charge >= 0.3 is 13.7 Å². The monoisotopic (exact) mass is 586 g/mol. The molecule has 1 saturated heterocycles. The maximum Gasteiger partial charge on any atom is 0.459 e. The van der Waals surface area contributed by atoms with E-state index in [0.29, 0.717) is 5.52 Å². The second-order valence-corrected chi connectivity index (χ2v) is 11.7. The Morgan fingerprint density at radius 1 is 1.29 bits per heavy atom. The van der Waals surface area contributed by atoms with Crippen LogP contribution >= 0.6 is 7.75 Å². The minimum absolute atomic E-state index is 0.100. The summed E-state index contributed by atoms with van der Waals surface area (Å²) in [7, 11) is -4.30. The molecule has 0 amide bonds. The Bertz CT molecular complexity index is 1480. The number of anilines is 1. The van der Waals surface area contributed by atoms with Crippen LogP contribution in [0.4, 0.5) is 5.82 Å². The van der Waals surface area contributed by atoms with E-state index >= 15 is 0 Å². The molecule has 1 saturated carbocycles. The number of esters is 1. The number of aliphatic hydroxyl groups excluding tert-OH is 2. The third-order valence-electron chi connectivity index (χ3n) is 7.15. The van der Waals surface area contributed by atoms with Crippen LogP contribution in [0.25, 0.3) is 5.52 Å². The number of ether oxygens (including phenoxy) is 2. The Kier molecular flexibility index (Phi) is 8.28. The molecule has 15 heteroatoms. The SMILES string of the molecule is C[C@H](NP(=O)(OCC1O[C@@](C#N)(c2ccc3c(N)ncnn23)[C@H](O)[C@@H]1O)Oc1ccccc1)C(=O)OC1CCCC1. The Balaban J connectivity index is 1.35. The molecule has 41 heavy (non-hydrogen) atoms. The Morgan fingerprint density at radius 2 is 2.02 bits per heavy atom.